The molecule has 0 fully saturated rings. The van der Waals surface area contributed by atoms with E-state index in [0.717, 1.165) is 12.1 Å². The van der Waals surface area contributed by atoms with E-state index in [1.54, 1.807) is 20.8 Å². The summed E-state index contributed by atoms with van der Waals surface area (Å²) in [6.07, 6.45) is -0.721. The summed E-state index contributed by atoms with van der Waals surface area (Å²) < 4.78 is 32.7. The molecule has 1 aromatic rings. The molecule has 0 aliphatic rings. The molecule has 106 valence electrons. The van der Waals surface area contributed by atoms with Gasteiger partial charge in [-0.25, -0.2) is 13.6 Å². The van der Waals surface area contributed by atoms with Gasteiger partial charge in [-0.15, -0.1) is 0 Å². The lowest BCUT2D eigenvalue weighted by Crippen LogP contribution is -2.34. The average Bonchev–Trinajstić information content (AvgIpc) is 2.10. The molecule has 1 N–H and O–H groups in total. The zero-order valence-corrected chi connectivity index (χ0v) is 12.8. The maximum Gasteiger partial charge on any atom is 0.408 e. The molecule has 1 aromatic carbocycles. The van der Waals surface area contributed by atoms with E-state index in [4.69, 9.17) is 4.74 Å². The third-order valence-corrected chi connectivity index (χ3v) is 2.67. The van der Waals surface area contributed by atoms with E-state index in [1.165, 1.54) is 6.92 Å². The van der Waals surface area contributed by atoms with Gasteiger partial charge in [0.15, 0.2) is 0 Å². The van der Waals surface area contributed by atoms with Crippen LogP contribution < -0.4 is 5.32 Å². The molecule has 0 spiro atoms. The Morgan fingerprint density at radius 1 is 1.32 bits per heavy atom. The summed E-state index contributed by atoms with van der Waals surface area (Å²) in [7, 11) is 0. The van der Waals surface area contributed by atoms with E-state index < -0.39 is 29.4 Å². The number of hydrogen-bond acceptors (Lipinski definition) is 2. The van der Waals surface area contributed by atoms with Crippen molar-refractivity contribution in [3.05, 3.63) is 33.8 Å². The molecule has 1 rings (SSSR count). The highest BCUT2D eigenvalue weighted by atomic mass is 79.9. The fourth-order valence-electron chi connectivity index (χ4n) is 1.52. The van der Waals surface area contributed by atoms with Crippen molar-refractivity contribution in [3.8, 4) is 0 Å². The van der Waals surface area contributed by atoms with Crippen LogP contribution in [0.25, 0.3) is 0 Å². The Labute approximate surface area is 119 Å². The lowest BCUT2D eigenvalue weighted by atomic mass is 10.1. The van der Waals surface area contributed by atoms with Crippen LogP contribution in [0.3, 0.4) is 0 Å². The Hall–Kier alpha value is -1.17. The molecule has 1 amide bonds. The van der Waals surface area contributed by atoms with Crippen molar-refractivity contribution >= 4 is 22.0 Å². The predicted molar refractivity (Wildman–Crippen MR) is 71.8 cm³/mol. The molecule has 0 aliphatic carbocycles. The van der Waals surface area contributed by atoms with Crippen molar-refractivity contribution in [2.45, 2.75) is 39.3 Å². The summed E-state index contributed by atoms with van der Waals surface area (Å²) in [5.74, 6) is -1.45. The molecule has 0 saturated heterocycles. The van der Waals surface area contributed by atoms with Gasteiger partial charge in [0, 0.05) is 10.0 Å². The van der Waals surface area contributed by atoms with Crippen LogP contribution in [0.1, 0.15) is 39.3 Å². The van der Waals surface area contributed by atoms with E-state index in [1.807, 2.05) is 0 Å². The van der Waals surface area contributed by atoms with Gasteiger partial charge in [-0.05, 0) is 39.8 Å². The van der Waals surface area contributed by atoms with Gasteiger partial charge in [-0.2, -0.15) is 0 Å². The summed E-state index contributed by atoms with van der Waals surface area (Å²) in [4.78, 5) is 11.5. The normalized spacial score (nSPS) is 13.0. The van der Waals surface area contributed by atoms with E-state index in [2.05, 4.69) is 21.2 Å². The highest BCUT2D eigenvalue weighted by Crippen LogP contribution is 2.25. The molecule has 1 atom stereocenters. The number of alkyl carbamates (subject to hydrolysis) is 1. The van der Waals surface area contributed by atoms with Crippen LogP contribution in [0.2, 0.25) is 0 Å². The summed E-state index contributed by atoms with van der Waals surface area (Å²) in [5, 5.41) is 2.40. The van der Waals surface area contributed by atoms with Crippen molar-refractivity contribution in [3.63, 3.8) is 0 Å². The zero-order valence-electron chi connectivity index (χ0n) is 11.2. The van der Waals surface area contributed by atoms with Crippen LogP contribution in [0, 0.1) is 11.6 Å². The first-order valence-corrected chi connectivity index (χ1v) is 6.53. The summed E-state index contributed by atoms with van der Waals surface area (Å²) in [6, 6.07) is 1.46. The minimum absolute atomic E-state index is 0.200. The highest BCUT2D eigenvalue weighted by molar-refractivity contribution is 9.10. The van der Waals surface area contributed by atoms with Crippen molar-refractivity contribution in [2.75, 3.05) is 0 Å². The van der Waals surface area contributed by atoms with E-state index >= 15 is 0 Å². The van der Waals surface area contributed by atoms with Crippen LogP contribution >= 0.6 is 15.9 Å². The number of halogens is 3. The number of ether oxygens (including phenoxy) is 1. The minimum Gasteiger partial charge on any atom is -0.444 e. The first-order valence-electron chi connectivity index (χ1n) is 5.74. The standard InChI is InChI=1S/C13H16BrF2NO2/c1-7(17-12(18)19-13(2,3)4)11-9(15)5-8(14)6-10(11)16/h5-7H,1-4H3,(H,17,18)/t7-/m0/s1. The number of nitrogens with one attached hydrogen (secondary N) is 1. The van der Waals surface area contributed by atoms with Gasteiger partial charge in [0.05, 0.1) is 6.04 Å². The fraction of sp³-hybridized carbons (Fsp3) is 0.462. The minimum atomic E-state index is -0.831. The SMILES string of the molecule is C[C@H](NC(=O)OC(C)(C)C)c1c(F)cc(Br)cc1F. The van der Waals surface area contributed by atoms with Gasteiger partial charge in [0.25, 0.3) is 0 Å². The summed E-state index contributed by atoms with van der Waals surface area (Å²) in [6.45, 7) is 6.60. The Bertz CT molecular complexity index is 463. The second-order valence-electron chi connectivity index (χ2n) is 5.15. The smallest absolute Gasteiger partial charge is 0.408 e. The fourth-order valence-corrected chi connectivity index (χ4v) is 1.93. The molecule has 0 unspecified atom stereocenters. The van der Waals surface area contributed by atoms with Gasteiger partial charge in [-0.1, -0.05) is 15.9 Å². The second kappa shape index (κ2) is 5.86. The molecule has 0 aromatic heterocycles. The Morgan fingerprint density at radius 3 is 2.21 bits per heavy atom. The van der Waals surface area contributed by atoms with Crippen molar-refractivity contribution in [1.82, 2.24) is 5.32 Å². The quantitative estimate of drug-likeness (QED) is 0.874. The zero-order chi connectivity index (χ0) is 14.8. The van der Waals surface area contributed by atoms with Crippen LogP contribution in [0.15, 0.2) is 16.6 Å². The molecule has 0 bridgehead atoms. The molecule has 19 heavy (non-hydrogen) atoms. The van der Waals surface area contributed by atoms with Crippen LogP contribution in [-0.4, -0.2) is 11.7 Å². The second-order valence-corrected chi connectivity index (χ2v) is 6.07. The molecule has 0 heterocycles. The number of amides is 1. The van der Waals surface area contributed by atoms with Gasteiger partial charge in [-0.3, -0.25) is 0 Å². The van der Waals surface area contributed by atoms with E-state index in [-0.39, 0.29) is 5.56 Å². The first-order chi connectivity index (χ1) is 8.60. The third kappa shape index (κ3) is 4.78. The van der Waals surface area contributed by atoms with Gasteiger partial charge in [0.2, 0.25) is 0 Å². The van der Waals surface area contributed by atoms with Gasteiger partial charge in [0.1, 0.15) is 17.2 Å². The molecule has 3 nitrogen and oxygen atoms in total. The lowest BCUT2D eigenvalue weighted by molar-refractivity contribution is 0.0506. The average molecular weight is 336 g/mol. The monoisotopic (exact) mass is 335 g/mol. The molecule has 0 radical (unpaired) electrons. The summed E-state index contributed by atoms with van der Waals surface area (Å²) >= 11 is 2.99. The highest BCUT2D eigenvalue weighted by Gasteiger charge is 2.22. The predicted octanol–water partition coefficient (Wildman–Crippen LogP) is 4.31. The molecular weight excluding hydrogens is 320 g/mol. The number of carbonyl (C=O) groups is 1. The maximum atomic E-state index is 13.7. The first kappa shape index (κ1) is 15.9. The largest absolute Gasteiger partial charge is 0.444 e. The topological polar surface area (TPSA) is 38.3 Å². The molecule has 0 saturated carbocycles. The van der Waals surface area contributed by atoms with E-state index in [9.17, 15) is 13.6 Å². The molecule has 0 aliphatic heterocycles. The van der Waals surface area contributed by atoms with Crippen LogP contribution in [-0.2, 0) is 4.74 Å². The number of hydrogen-bond donors (Lipinski definition) is 1. The number of carbonyl (C=O) groups excluding carboxylic acids is 1. The lowest BCUT2D eigenvalue weighted by Gasteiger charge is -2.22. The maximum absolute atomic E-state index is 13.7. The van der Waals surface area contributed by atoms with Crippen molar-refractivity contribution < 1.29 is 18.3 Å². The van der Waals surface area contributed by atoms with Crippen molar-refractivity contribution in [1.29, 1.82) is 0 Å². The van der Waals surface area contributed by atoms with E-state index in [0.29, 0.717) is 4.47 Å². The third-order valence-electron chi connectivity index (χ3n) is 2.21. The summed E-state index contributed by atoms with van der Waals surface area (Å²) in [5.41, 5.74) is -0.866. The Kier molecular flexibility index (Phi) is 4.90. The molecular formula is C13H16BrF2NO2. The Balaban J connectivity index is 2.85. The van der Waals surface area contributed by atoms with Gasteiger partial charge < -0.3 is 10.1 Å². The number of benzene rings is 1. The van der Waals surface area contributed by atoms with Gasteiger partial charge >= 0.3 is 6.09 Å². The Morgan fingerprint density at radius 2 is 1.79 bits per heavy atom. The van der Waals surface area contributed by atoms with Crippen LogP contribution in [0.4, 0.5) is 13.6 Å². The molecule has 6 heteroatoms. The van der Waals surface area contributed by atoms with Crippen LogP contribution in [0.5, 0.6) is 0 Å². The van der Waals surface area contributed by atoms with Crippen molar-refractivity contribution in [2.24, 2.45) is 0 Å². The number of rotatable bonds is 2.